The molecular formula is C9H15ClN4O. The average Bonchev–Trinajstić information content (AvgIpc) is 2.63. The molecule has 2 atom stereocenters. The van der Waals surface area contributed by atoms with E-state index in [0.717, 1.165) is 5.82 Å². The van der Waals surface area contributed by atoms with Crippen LogP contribution >= 0.6 is 11.6 Å². The van der Waals surface area contributed by atoms with Crippen LogP contribution in [0.15, 0.2) is 6.33 Å². The number of aryl methyl sites for hydroxylation is 1. The minimum atomic E-state index is -0.192. The summed E-state index contributed by atoms with van der Waals surface area (Å²) in [7, 11) is 1.84. The molecule has 0 saturated carbocycles. The van der Waals surface area contributed by atoms with Crippen molar-refractivity contribution in [1.82, 2.24) is 20.1 Å². The highest BCUT2D eigenvalue weighted by Crippen LogP contribution is 2.08. The van der Waals surface area contributed by atoms with Crippen LogP contribution in [0, 0.1) is 5.92 Å². The second kappa shape index (κ2) is 5.11. The standard InChI is InChI=1S/C9H15ClN4O/c1-6(4-10)9(15)12-7(2)8-13-11-5-14(8)3/h5-7H,4H2,1-3H3,(H,12,15). The molecule has 0 aromatic carbocycles. The Morgan fingerprint density at radius 2 is 2.33 bits per heavy atom. The first-order valence-electron chi connectivity index (χ1n) is 4.76. The summed E-state index contributed by atoms with van der Waals surface area (Å²) in [6, 6.07) is -0.157. The van der Waals surface area contributed by atoms with Crippen LogP contribution < -0.4 is 5.32 Å². The third-order valence-electron chi connectivity index (χ3n) is 2.17. The molecule has 84 valence electrons. The normalized spacial score (nSPS) is 14.7. The number of hydrogen-bond donors (Lipinski definition) is 1. The lowest BCUT2D eigenvalue weighted by atomic mass is 10.2. The van der Waals surface area contributed by atoms with E-state index in [1.165, 1.54) is 0 Å². The molecule has 0 aliphatic carbocycles. The van der Waals surface area contributed by atoms with Crippen LogP contribution in [-0.4, -0.2) is 26.6 Å². The maximum Gasteiger partial charge on any atom is 0.224 e. The van der Waals surface area contributed by atoms with E-state index < -0.39 is 0 Å². The maximum absolute atomic E-state index is 11.5. The Kier molecular flexibility index (Phi) is 4.08. The van der Waals surface area contributed by atoms with Crippen molar-refractivity contribution in [2.75, 3.05) is 5.88 Å². The summed E-state index contributed by atoms with van der Waals surface area (Å²) >= 11 is 5.59. The fraction of sp³-hybridized carbons (Fsp3) is 0.667. The molecule has 1 aromatic rings. The second-order valence-corrected chi connectivity index (χ2v) is 3.89. The monoisotopic (exact) mass is 230 g/mol. The van der Waals surface area contributed by atoms with E-state index in [-0.39, 0.29) is 17.9 Å². The molecule has 0 spiro atoms. The van der Waals surface area contributed by atoms with Gasteiger partial charge in [-0.15, -0.1) is 21.8 Å². The van der Waals surface area contributed by atoms with Crippen molar-refractivity contribution < 1.29 is 4.79 Å². The van der Waals surface area contributed by atoms with Gasteiger partial charge in [-0.25, -0.2) is 0 Å². The highest BCUT2D eigenvalue weighted by molar-refractivity contribution is 6.19. The number of halogens is 1. The van der Waals surface area contributed by atoms with E-state index in [2.05, 4.69) is 15.5 Å². The van der Waals surface area contributed by atoms with Gasteiger partial charge in [0.05, 0.1) is 6.04 Å². The quantitative estimate of drug-likeness (QED) is 0.781. The summed E-state index contributed by atoms with van der Waals surface area (Å²) in [5, 5.41) is 10.5. The van der Waals surface area contributed by atoms with Crippen molar-refractivity contribution in [2.45, 2.75) is 19.9 Å². The first-order valence-corrected chi connectivity index (χ1v) is 5.30. The molecule has 1 aromatic heterocycles. The minimum Gasteiger partial charge on any atom is -0.346 e. The zero-order valence-electron chi connectivity index (χ0n) is 9.07. The summed E-state index contributed by atoms with van der Waals surface area (Å²) < 4.78 is 1.77. The molecule has 5 nitrogen and oxygen atoms in total. The summed E-state index contributed by atoms with van der Waals surface area (Å²) in [5.41, 5.74) is 0. The molecule has 1 N–H and O–H groups in total. The number of aromatic nitrogens is 3. The number of hydrogen-bond acceptors (Lipinski definition) is 3. The lowest BCUT2D eigenvalue weighted by molar-refractivity contribution is -0.124. The molecule has 0 bridgehead atoms. The highest BCUT2D eigenvalue weighted by atomic mass is 35.5. The third kappa shape index (κ3) is 2.92. The summed E-state index contributed by atoms with van der Waals surface area (Å²) in [6.45, 7) is 3.65. The van der Waals surface area contributed by atoms with Gasteiger partial charge in [0.15, 0.2) is 5.82 Å². The number of carbonyl (C=O) groups excluding carboxylic acids is 1. The van der Waals surface area contributed by atoms with Gasteiger partial charge in [-0.05, 0) is 6.92 Å². The van der Waals surface area contributed by atoms with E-state index in [1.54, 1.807) is 17.8 Å². The molecule has 1 rings (SSSR count). The third-order valence-corrected chi connectivity index (χ3v) is 2.63. The molecule has 0 aliphatic heterocycles. The smallest absolute Gasteiger partial charge is 0.224 e. The van der Waals surface area contributed by atoms with Gasteiger partial charge in [-0.3, -0.25) is 4.79 Å². The average molecular weight is 231 g/mol. The van der Waals surface area contributed by atoms with Crippen LogP contribution in [0.1, 0.15) is 25.7 Å². The van der Waals surface area contributed by atoms with Gasteiger partial charge in [0.2, 0.25) is 5.91 Å². The molecule has 0 fully saturated rings. The van der Waals surface area contributed by atoms with Crippen molar-refractivity contribution in [3.63, 3.8) is 0 Å². The number of carbonyl (C=O) groups is 1. The number of alkyl halides is 1. The van der Waals surface area contributed by atoms with Crippen molar-refractivity contribution in [3.05, 3.63) is 12.2 Å². The van der Waals surface area contributed by atoms with Crippen LogP contribution in [0.4, 0.5) is 0 Å². The molecular weight excluding hydrogens is 216 g/mol. The summed E-state index contributed by atoms with van der Waals surface area (Å²) in [5.74, 6) is 0.783. The number of nitrogens with one attached hydrogen (secondary N) is 1. The van der Waals surface area contributed by atoms with E-state index in [1.807, 2.05) is 14.0 Å². The van der Waals surface area contributed by atoms with Crippen molar-refractivity contribution in [1.29, 1.82) is 0 Å². The van der Waals surface area contributed by atoms with Crippen LogP contribution in [0.3, 0.4) is 0 Å². The Bertz CT molecular complexity index is 339. The van der Waals surface area contributed by atoms with Crippen molar-refractivity contribution >= 4 is 17.5 Å². The van der Waals surface area contributed by atoms with Gasteiger partial charge in [-0.2, -0.15) is 0 Å². The van der Waals surface area contributed by atoms with Crippen LogP contribution in [0.25, 0.3) is 0 Å². The predicted molar refractivity (Wildman–Crippen MR) is 57.4 cm³/mol. The Hall–Kier alpha value is -1.10. The van der Waals surface area contributed by atoms with Gasteiger partial charge in [0.25, 0.3) is 0 Å². The fourth-order valence-corrected chi connectivity index (χ4v) is 1.31. The first kappa shape index (κ1) is 12.0. The van der Waals surface area contributed by atoms with Crippen molar-refractivity contribution in [3.8, 4) is 0 Å². The van der Waals surface area contributed by atoms with E-state index >= 15 is 0 Å². The SMILES string of the molecule is CC(CCl)C(=O)NC(C)c1nncn1C. The van der Waals surface area contributed by atoms with E-state index in [0.29, 0.717) is 5.88 Å². The Morgan fingerprint density at radius 3 is 2.80 bits per heavy atom. The van der Waals surface area contributed by atoms with Gasteiger partial charge in [0, 0.05) is 18.8 Å². The zero-order valence-corrected chi connectivity index (χ0v) is 9.82. The Labute approximate surface area is 93.8 Å². The number of rotatable bonds is 4. The molecule has 0 saturated heterocycles. The summed E-state index contributed by atoms with van der Waals surface area (Å²) in [6.07, 6.45) is 1.60. The van der Waals surface area contributed by atoms with Crippen LogP contribution in [0.5, 0.6) is 0 Å². The molecule has 15 heavy (non-hydrogen) atoms. The van der Waals surface area contributed by atoms with Crippen LogP contribution in [-0.2, 0) is 11.8 Å². The molecule has 2 unspecified atom stereocenters. The molecule has 1 amide bonds. The lowest BCUT2D eigenvalue weighted by Crippen LogP contribution is -2.33. The number of amides is 1. The van der Waals surface area contributed by atoms with E-state index in [4.69, 9.17) is 11.6 Å². The van der Waals surface area contributed by atoms with Gasteiger partial charge < -0.3 is 9.88 Å². The predicted octanol–water partition coefficient (Wildman–Crippen LogP) is 0.867. The second-order valence-electron chi connectivity index (χ2n) is 3.59. The largest absolute Gasteiger partial charge is 0.346 e. The van der Waals surface area contributed by atoms with E-state index in [9.17, 15) is 4.79 Å². The zero-order chi connectivity index (χ0) is 11.4. The van der Waals surface area contributed by atoms with Crippen LogP contribution in [0.2, 0.25) is 0 Å². The molecule has 1 heterocycles. The topological polar surface area (TPSA) is 59.8 Å². The molecule has 0 aliphatic rings. The fourth-order valence-electron chi connectivity index (χ4n) is 1.17. The Morgan fingerprint density at radius 1 is 1.67 bits per heavy atom. The number of nitrogens with zero attached hydrogens (tertiary/aromatic N) is 3. The Balaban J connectivity index is 2.60. The minimum absolute atomic E-state index is 0.0690. The first-order chi connectivity index (χ1) is 7.06. The summed E-state index contributed by atoms with van der Waals surface area (Å²) in [4.78, 5) is 11.5. The molecule has 0 radical (unpaired) electrons. The molecule has 6 heteroatoms. The van der Waals surface area contributed by atoms with Gasteiger partial charge in [-0.1, -0.05) is 6.92 Å². The van der Waals surface area contributed by atoms with Gasteiger partial charge in [0.1, 0.15) is 6.33 Å². The van der Waals surface area contributed by atoms with Gasteiger partial charge >= 0.3 is 0 Å². The highest BCUT2D eigenvalue weighted by Gasteiger charge is 2.17. The van der Waals surface area contributed by atoms with Crippen molar-refractivity contribution in [2.24, 2.45) is 13.0 Å². The maximum atomic E-state index is 11.5. The lowest BCUT2D eigenvalue weighted by Gasteiger charge is -2.15.